The van der Waals surface area contributed by atoms with Crippen molar-refractivity contribution in [3.63, 3.8) is 0 Å². The summed E-state index contributed by atoms with van der Waals surface area (Å²) in [5.41, 5.74) is -4.80. The minimum Gasteiger partial charge on any atom is -0.481 e. The van der Waals surface area contributed by atoms with Crippen LogP contribution >= 0.6 is 0 Å². The molecule has 0 spiro atoms. The molecule has 27 unspecified atom stereocenters. The molecule has 0 aliphatic carbocycles. The van der Waals surface area contributed by atoms with Crippen LogP contribution < -0.4 is 0 Å². The van der Waals surface area contributed by atoms with E-state index in [9.17, 15) is 41.5 Å². The number of aliphatic hydroxyl groups excluding tert-OH is 1. The van der Waals surface area contributed by atoms with Gasteiger partial charge in [-0.15, -0.1) is 6.58 Å². The molecule has 11 heterocycles. The van der Waals surface area contributed by atoms with Gasteiger partial charge in [0.1, 0.15) is 35.6 Å². The summed E-state index contributed by atoms with van der Waals surface area (Å²) in [5, 5.41) is 33.7. The van der Waals surface area contributed by atoms with E-state index in [-0.39, 0.29) is 80.9 Å². The molecular weight excluding hydrogens is 1100 g/mol. The molecule has 0 aromatic heterocycles. The second-order valence-corrected chi connectivity index (χ2v) is 28.4. The van der Waals surface area contributed by atoms with Crippen LogP contribution in [0.4, 0.5) is 0 Å². The van der Waals surface area contributed by atoms with Gasteiger partial charge in [-0.3, -0.25) is 13.9 Å². The molecule has 0 amide bonds. The minimum atomic E-state index is -4.91. The molecule has 0 bridgehead atoms. The highest BCUT2D eigenvalue weighted by Gasteiger charge is 2.65. The Kier molecular flexibility index (Phi) is 16.6. The maximum Gasteiger partial charge on any atom is 0.397 e. The van der Waals surface area contributed by atoms with Gasteiger partial charge in [-0.05, 0) is 97.5 Å². The highest BCUT2D eigenvalue weighted by Crippen LogP contribution is 2.54. The quantitative estimate of drug-likeness (QED) is 0.0956. The summed E-state index contributed by atoms with van der Waals surface area (Å²) >= 11 is 0. The maximum absolute atomic E-state index is 12.3. The Morgan fingerprint density at radius 3 is 1.93 bits per heavy atom. The third kappa shape index (κ3) is 12.1. The molecule has 11 saturated heterocycles. The molecule has 27 atom stereocenters. The van der Waals surface area contributed by atoms with Gasteiger partial charge in [0.2, 0.25) is 0 Å². The van der Waals surface area contributed by atoms with E-state index >= 15 is 0 Å². The fourth-order valence-electron chi connectivity index (χ4n) is 15.7. The molecule has 11 rings (SSSR count). The maximum atomic E-state index is 12.3. The number of carbonyl (C=O) groups is 1. The predicted octanol–water partition coefficient (Wildman–Crippen LogP) is 4.59. The van der Waals surface area contributed by atoms with Crippen molar-refractivity contribution in [1.82, 2.24) is 0 Å². The normalized spacial score (nSPS) is 50.0. The lowest BCUT2D eigenvalue weighted by Gasteiger charge is -2.61. The lowest BCUT2D eigenvalue weighted by atomic mass is 9.73. The fourth-order valence-corrected chi connectivity index (χ4v) is 16.6. The van der Waals surface area contributed by atoms with E-state index in [1.54, 1.807) is 13.8 Å². The molecule has 5 N–H and O–H groups in total. The highest BCUT2D eigenvalue weighted by molar-refractivity contribution is 7.81. The lowest BCUT2D eigenvalue weighted by molar-refractivity contribution is -0.369. The molecule has 0 aromatic carbocycles. The van der Waals surface area contributed by atoms with Crippen LogP contribution in [0.15, 0.2) is 37.0 Å². The van der Waals surface area contributed by atoms with Gasteiger partial charge in [0.15, 0.2) is 0 Å². The van der Waals surface area contributed by atoms with Crippen LogP contribution in [0.3, 0.4) is 0 Å². The van der Waals surface area contributed by atoms with Gasteiger partial charge in [-0.1, -0.05) is 31.7 Å². The second-order valence-electron chi connectivity index (χ2n) is 26.2. The van der Waals surface area contributed by atoms with Crippen LogP contribution in [0.1, 0.15) is 138 Å². The molecule has 11 aliphatic rings. The zero-order chi connectivity index (χ0) is 58.0. The monoisotopic (exact) mass is 1190 g/mol. The van der Waals surface area contributed by atoms with Crippen LogP contribution in [-0.4, -0.2) is 204 Å². The number of carboxylic acid groups (broad SMARTS) is 1. The Labute approximate surface area is 474 Å². The van der Waals surface area contributed by atoms with E-state index < -0.39 is 140 Å². The fraction of sp³-hybridized carbons (Fsp3) is 0.875. The molecule has 23 nitrogen and oxygen atoms in total. The Morgan fingerprint density at radius 2 is 1.28 bits per heavy atom. The number of carboxylic acids is 1. The number of hydrogen-bond acceptors (Lipinski definition) is 20. The van der Waals surface area contributed by atoms with Gasteiger partial charge in [0, 0.05) is 44.9 Å². The Bertz CT molecular complexity index is 2620. The average molecular weight is 1190 g/mol. The Morgan fingerprint density at radius 1 is 0.716 bits per heavy atom. The minimum absolute atomic E-state index is 0.0402. The molecule has 81 heavy (non-hydrogen) atoms. The SMILES string of the molecule is C=CCC(C=CC(C)(O)C1OC2CC3OC4CC5OC6CC7OC8CC9OC%10CC%11OC(C)(CCCOS(=O)(=O)O)C(OS(=O)(=O)O)CC%11OC%10CC9OC8CCC7(C)OC6(C)CCC(C)C5OC4C(O)C3(C)OC2CC1=C)C(=O)O. The number of ether oxygens (including phenoxy) is 11. The third-order valence-corrected chi connectivity index (χ3v) is 21.1. The first-order valence-corrected chi connectivity index (χ1v) is 31.9. The number of aliphatic carboxylic acids is 1. The third-order valence-electron chi connectivity index (χ3n) is 20.2. The van der Waals surface area contributed by atoms with E-state index in [0.29, 0.717) is 69.8 Å². The van der Waals surface area contributed by atoms with Crippen LogP contribution in [-0.2, 0) is 86.1 Å². The molecule has 458 valence electrons. The molecule has 0 aromatic rings. The van der Waals surface area contributed by atoms with E-state index in [2.05, 4.69) is 38.1 Å². The van der Waals surface area contributed by atoms with Gasteiger partial charge >= 0.3 is 26.8 Å². The van der Waals surface area contributed by atoms with Gasteiger partial charge < -0.3 is 67.4 Å². The van der Waals surface area contributed by atoms with Gasteiger partial charge in [0.05, 0.1) is 127 Å². The van der Waals surface area contributed by atoms with Gasteiger partial charge in [-0.25, -0.2) is 8.37 Å². The molecule has 11 fully saturated rings. The smallest absolute Gasteiger partial charge is 0.397 e. The molecular formula is C56H84O23S2. The van der Waals surface area contributed by atoms with Crippen molar-refractivity contribution in [3.8, 4) is 0 Å². The number of aliphatic hydroxyl groups is 2. The lowest BCUT2D eigenvalue weighted by Crippen LogP contribution is -2.74. The number of allylic oxidation sites excluding steroid dienone is 1. The Hall–Kier alpha value is -2.09. The summed E-state index contributed by atoms with van der Waals surface area (Å²) in [5.74, 6) is -1.85. The highest BCUT2D eigenvalue weighted by atomic mass is 32.3. The van der Waals surface area contributed by atoms with Crippen molar-refractivity contribution in [3.05, 3.63) is 37.0 Å². The van der Waals surface area contributed by atoms with E-state index in [1.807, 2.05) is 6.92 Å². The predicted molar refractivity (Wildman–Crippen MR) is 282 cm³/mol. The van der Waals surface area contributed by atoms with Crippen molar-refractivity contribution in [2.45, 2.75) is 288 Å². The zero-order valence-electron chi connectivity index (χ0n) is 47.1. The van der Waals surface area contributed by atoms with E-state index in [1.165, 1.54) is 18.2 Å². The molecule has 11 aliphatic heterocycles. The average Bonchev–Trinajstić information content (AvgIpc) is 3.75. The summed E-state index contributed by atoms with van der Waals surface area (Å²) in [6, 6.07) is 0. The first-order valence-electron chi connectivity index (χ1n) is 29.1. The summed E-state index contributed by atoms with van der Waals surface area (Å²) in [4.78, 5) is 11.9. The number of hydrogen-bond donors (Lipinski definition) is 5. The molecule has 0 saturated carbocycles. The first-order chi connectivity index (χ1) is 37.9. The summed E-state index contributed by atoms with van der Waals surface area (Å²) in [6.45, 7) is 19.0. The zero-order valence-corrected chi connectivity index (χ0v) is 48.7. The Balaban J connectivity index is 0.743. The van der Waals surface area contributed by atoms with E-state index in [4.69, 9.17) is 60.8 Å². The number of rotatable bonds is 13. The first kappa shape index (κ1) is 60.6. The van der Waals surface area contributed by atoms with E-state index in [0.717, 1.165) is 6.42 Å². The molecule has 25 heteroatoms. The van der Waals surface area contributed by atoms with Crippen LogP contribution in [0.25, 0.3) is 0 Å². The number of fused-ring (bicyclic) bond motifs is 10. The summed E-state index contributed by atoms with van der Waals surface area (Å²) in [7, 11) is -9.61. The van der Waals surface area contributed by atoms with Crippen molar-refractivity contribution in [2.75, 3.05) is 6.61 Å². The van der Waals surface area contributed by atoms with Crippen LogP contribution in [0.5, 0.6) is 0 Å². The van der Waals surface area contributed by atoms with Crippen molar-refractivity contribution in [2.24, 2.45) is 11.8 Å². The second kappa shape index (κ2) is 22.3. The molecule has 0 radical (unpaired) electrons. The topological polar surface area (TPSA) is 306 Å². The van der Waals surface area contributed by atoms with Crippen LogP contribution in [0.2, 0.25) is 0 Å². The summed E-state index contributed by atoms with van der Waals surface area (Å²) < 4.78 is 151. The van der Waals surface area contributed by atoms with Crippen molar-refractivity contribution < 1.29 is 107 Å². The van der Waals surface area contributed by atoms with Gasteiger partial charge in [-0.2, -0.15) is 16.8 Å². The van der Waals surface area contributed by atoms with Crippen LogP contribution in [0, 0.1) is 11.8 Å². The van der Waals surface area contributed by atoms with Crippen molar-refractivity contribution in [1.29, 1.82) is 0 Å². The van der Waals surface area contributed by atoms with Gasteiger partial charge in [0.25, 0.3) is 0 Å². The standard InChI is InChI=1S/C56H84O23S2/c1-9-11-30(51(58)59)13-16-52(4,60)50-29(3)20-39-38(74-50)26-46-56(8,77-39)49(57)48-42(73-46)24-41-47(75-48)28(2)12-17-54(6)44(72-41)27-43-55(7,79-54)18-14-31-32(71-43)21-34-33(68-31)22-35-36(69-34)23-40-37(70-35)25-45(78-81(64,65)66)53(5,76-40)15-10-19-67-80(61,62)63/h9,13,16,28,30-50,57,60H,1,3,10-12,14-15,17-27H2,2,4-8H3,(H,58,59)(H,61,62,63)(H,64,65,66). The van der Waals surface area contributed by atoms with Crippen molar-refractivity contribution >= 4 is 26.8 Å². The largest absolute Gasteiger partial charge is 0.481 e. The summed E-state index contributed by atoms with van der Waals surface area (Å²) in [6.07, 6.45) is 0.215.